The van der Waals surface area contributed by atoms with Crippen molar-refractivity contribution in [3.63, 3.8) is 0 Å². The van der Waals surface area contributed by atoms with Gasteiger partial charge in [0.15, 0.2) is 5.13 Å². The lowest BCUT2D eigenvalue weighted by molar-refractivity contribution is -0.137. The summed E-state index contributed by atoms with van der Waals surface area (Å²) in [7, 11) is 0. The van der Waals surface area contributed by atoms with Crippen molar-refractivity contribution in [1.82, 2.24) is 9.97 Å². The second-order valence-electron chi connectivity index (χ2n) is 6.01. The summed E-state index contributed by atoms with van der Waals surface area (Å²) in [6.07, 6.45) is -1.12. The van der Waals surface area contributed by atoms with Gasteiger partial charge in [-0.05, 0) is 45.1 Å². The van der Waals surface area contributed by atoms with Crippen molar-refractivity contribution in [3.05, 3.63) is 40.7 Å². The Morgan fingerprint density at radius 2 is 1.88 bits per heavy atom. The van der Waals surface area contributed by atoms with Gasteiger partial charge in [0.1, 0.15) is 5.60 Å². The number of hydrogen-bond acceptors (Lipinski definition) is 5. The van der Waals surface area contributed by atoms with Gasteiger partial charge in [0, 0.05) is 11.6 Å². The molecule has 0 radical (unpaired) electrons. The van der Waals surface area contributed by atoms with Crippen LogP contribution in [0.3, 0.4) is 0 Å². The van der Waals surface area contributed by atoms with Gasteiger partial charge in [0.05, 0.1) is 17.0 Å². The highest BCUT2D eigenvalue weighted by atomic mass is 32.1. The van der Waals surface area contributed by atoms with Crippen LogP contribution in [0.5, 0.6) is 0 Å². The Morgan fingerprint density at radius 1 is 1.20 bits per heavy atom. The van der Waals surface area contributed by atoms with Crippen LogP contribution in [-0.4, -0.2) is 21.7 Å². The van der Waals surface area contributed by atoms with E-state index in [9.17, 15) is 18.0 Å². The quantitative estimate of drug-likeness (QED) is 0.818. The van der Waals surface area contributed by atoms with Crippen molar-refractivity contribution in [1.29, 1.82) is 0 Å². The molecule has 9 heteroatoms. The number of anilines is 1. The molecule has 2 rings (SSSR count). The average Bonchev–Trinajstić information content (AvgIpc) is 2.90. The highest BCUT2D eigenvalue weighted by molar-refractivity contribution is 7.14. The molecule has 134 valence electrons. The molecule has 0 aliphatic carbocycles. The number of ether oxygens (including phenoxy) is 1. The van der Waals surface area contributed by atoms with E-state index in [1.165, 1.54) is 23.5 Å². The normalized spacial score (nSPS) is 12.4. The van der Waals surface area contributed by atoms with E-state index in [0.717, 1.165) is 12.3 Å². The number of alkyl halides is 3. The van der Waals surface area contributed by atoms with E-state index >= 15 is 0 Å². The second kappa shape index (κ2) is 7.22. The first-order valence-electron chi connectivity index (χ1n) is 7.20. The van der Waals surface area contributed by atoms with Crippen LogP contribution in [0.15, 0.2) is 23.7 Å². The molecule has 0 spiro atoms. The number of carbonyl (C=O) groups is 1. The maximum Gasteiger partial charge on any atom is 0.417 e. The summed E-state index contributed by atoms with van der Waals surface area (Å²) in [5, 5.41) is 4.56. The lowest BCUT2D eigenvalue weighted by atomic mass is 10.2. The third-order valence-corrected chi connectivity index (χ3v) is 3.44. The molecule has 5 nitrogen and oxygen atoms in total. The largest absolute Gasteiger partial charge is 0.444 e. The molecule has 0 saturated heterocycles. The molecule has 1 N–H and O–H groups in total. The van der Waals surface area contributed by atoms with E-state index in [2.05, 4.69) is 15.3 Å². The summed E-state index contributed by atoms with van der Waals surface area (Å²) >= 11 is 1.20. The summed E-state index contributed by atoms with van der Waals surface area (Å²) in [6.45, 7) is 5.25. The lowest BCUT2D eigenvalue weighted by Crippen LogP contribution is -2.27. The number of thiazole rings is 1. The fourth-order valence-electron chi connectivity index (χ4n) is 1.65. The van der Waals surface area contributed by atoms with Gasteiger partial charge < -0.3 is 4.74 Å². The zero-order valence-corrected chi connectivity index (χ0v) is 14.5. The van der Waals surface area contributed by atoms with Crippen LogP contribution < -0.4 is 5.32 Å². The summed E-state index contributed by atoms with van der Waals surface area (Å²) in [6, 6.07) is 2.23. The lowest BCUT2D eigenvalue weighted by Gasteiger charge is -2.18. The van der Waals surface area contributed by atoms with Crippen LogP contribution in [0.4, 0.5) is 23.1 Å². The van der Waals surface area contributed by atoms with Gasteiger partial charge in [0.25, 0.3) is 0 Å². The number of carbonyl (C=O) groups excluding carboxylic acids is 1. The molecule has 0 atom stereocenters. The number of nitrogens with one attached hydrogen (secondary N) is 1. The monoisotopic (exact) mass is 371 g/mol. The molecule has 0 aliphatic rings. The Morgan fingerprint density at radius 3 is 2.44 bits per heavy atom. The van der Waals surface area contributed by atoms with Gasteiger partial charge >= 0.3 is 12.3 Å². The number of halogens is 3. The van der Waals surface area contributed by atoms with Crippen molar-refractivity contribution < 1.29 is 22.7 Å². The highest BCUT2D eigenvalue weighted by Crippen LogP contribution is 2.28. The van der Waals surface area contributed by atoms with Crippen LogP contribution in [0, 0.1) is 0 Å². The van der Waals surface area contributed by atoms with Crippen LogP contribution in [0.1, 0.15) is 37.7 Å². The maximum absolute atomic E-state index is 12.5. The Labute approximate surface area is 146 Å². The molecule has 0 bridgehead atoms. The minimum absolute atomic E-state index is 0.356. The van der Waals surface area contributed by atoms with Gasteiger partial charge in [-0.2, -0.15) is 13.2 Å². The van der Waals surface area contributed by atoms with E-state index in [1.807, 2.05) is 0 Å². The Balaban J connectivity index is 1.98. The van der Waals surface area contributed by atoms with Gasteiger partial charge in [-0.25, -0.2) is 9.78 Å². The predicted molar refractivity (Wildman–Crippen MR) is 90.1 cm³/mol. The van der Waals surface area contributed by atoms with Crippen molar-refractivity contribution in [3.8, 4) is 0 Å². The zero-order valence-electron chi connectivity index (χ0n) is 13.7. The summed E-state index contributed by atoms with van der Waals surface area (Å²) in [5.74, 6) is 0. The molecule has 2 heterocycles. The van der Waals surface area contributed by atoms with Crippen molar-refractivity contribution in [2.45, 2.75) is 32.5 Å². The number of aromatic nitrogens is 2. The zero-order chi connectivity index (χ0) is 18.7. The number of amides is 1. The third-order valence-electron chi connectivity index (χ3n) is 2.67. The molecular formula is C16H16F3N3O2S. The fraction of sp³-hybridized carbons (Fsp3) is 0.312. The smallest absolute Gasteiger partial charge is 0.417 e. The standard InChI is InChI=1S/C16H16F3N3O2S/c1-15(2,3)24-14(23)22-13-21-12(9-25-13)7-6-11-5-4-10(8-20-11)16(17,18)19/h4-9H,1-3H3,(H,21,22,23). The van der Waals surface area contributed by atoms with Crippen LogP contribution in [0.2, 0.25) is 0 Å². The molecular weight excluding hydrogens is 355 g/mol. The van der Waals surface area contributed by atoms with E-state index < -0.39 is 23.4 Å². The van der Waals surface area contributed by atoms with Crippen LogP contribution in [0.25, 0.3) is 12.2 Å². The average molecular weight is 371 g/mol. The van der Waals surface area contributed by atoms with E-state index in [1.54, 1.807) is 32.2 Å². The molecule has 25 heavy (non-hydrogen) atoms. The summed E-state index contributed by atoms with van der Waals surface area (Å²) < 4.78 is 42.5. The molecule has 0 saturated carbocycles. The Bertz CT molecular complexity index is 762. The van der Waals surface area contributed by atoms with Crippen molar-refractivity contribution in [2.75, 3.05) is 5.32 Å². The first-order valence-corrected chi connectivity index (χ1v) is 8.08. The number of pyridine rings is 1. The minimum atomic E-state index is -4.41. The third kappa shape index (κ3) is 6.18. The molecule has 2 aromatic rings. The van der Waals surface area contributed by atoms with Crippen molar-refractivity contribution in [2.24, 2.45) is 0 Å². The van der Waals surface area contributed by atoms with Gasteiger partial charge in [-0.3, -0.25) is 10.3 Å². The molecule has 2 aromatic heterocycles. The first-order chi connectivity index (χ1) is 11.5. The summed E-state index contributed by atoms with van der Waals surface area (Å²) in [5.41, 5.74) is -0.513. The van der Waals surface area contributed by atoms with E-state index in [0.29, 0.717) is 16.5 Å². The maximum atomic E-state index is 12.5. The summed E-state index contributed by atoms with van der Waals surface area (Å²) in [4.78, 5) is 19.5. The topological polar surface area (TPSA) is 64.1 Å². The highest BCUT2D eigenvalue weighted by Gasteiger charge is 2.30. The Kier molecular flexibility index (Phi) is 5.46. The molecule has 0 aliphatic heterocycles. The van der Waals surface area contributed by atoms with Crippen LogP contribution >= 0.6 is 11.3 Å². The van der Waals surface area contributed by atoms with Gasteiger partial charge in [-0.1, -0.05) is 0 Å². The SMILES string of the molecule is CC(C)(C)OC(=O)Nc1nc(C=Cc2ccc(C(F)(F)F)cn2)cs1. The van der Waals surface area contributed by atoms with Gasteiger partial charge in [0.2, 0.25) is 0 Å². The van der Waals surface area contributed by atoms with E-state index in [4.69, 9.17) is 4.74 Å². The minimum Gasteiger partial charge on any atom is -0.444 e. The predicted octanol–water partition coefficient (Wildman–Crippen LogP) is 5.07. The Hall–Kier alpha value is -2.42. The number of rotatable bonds is 3. The molecule has 0 fully saturated rings. The molecule has 1 amide bonds. The van der Waals surface area contributed by atoms with E-state index in [-0.39, 0.29) is 0 Å². The molecule has 0 aromatic carbocycles. The second-order valence-corrected chi connectivity index (χ2v) is 6.87. The number of hydrogen-bond donors (Lipinski definition) is 1. The fourth-order valence-corrected chi connectivity index (χ4v) is 2.32. The van der Waals surface area contributed by atoms with Crippen molar-refractivity contribution >= 4 is 34.7 Å². The molecule has 0 unspecified atom stereocenters. The first kappa shape index (κ1) is 18.9. The van der Waals surface area contributed by atoms with Crippen LogP contribution in [-0.2, 0) is 10.9 Å². The van der Waals surface area contributed by atoms with Gasteiger partial charge in [-0.15, -0.1) is 11.3 Å². The number of nitrogens with zero attached hydrogens (tertiary/aromatic N) is 2.